The van der Waals surface area contributed by atoms with Crippen molar-refractivity contribution in [1.29, 1.82) is 0 Å². The first kappa shape index (κ1) is 13.3. The molecule has 0 spiro atoms. The van der Waals surface area contributed by atoms with Crippen LogP contribution in [0.3, 0.4) is 0 Å². The summed E-state index contributed by atoms with van der Waals surface area (Å²) in [6, 6.07) is 2.29. The fraction of sp³-hybridized carbons (Fsp3) is 0.643. The van der Waals surface area contributed by atoms with Gasteiger partial charge in [-0.3, -0.25) is 0 Å². The number of aromatic nitrogens is 1. The maximum absolute atomic E-state index is 6.31. The van der Waals surface area contributed by atoms with E-state index in [9.17, 15) is 0 Å². The molecule has 3 rings (SSSR count). The zero-order chi connectivity index (χ0) is 13.4. The van der Waals surface area contributed by atoms with Crippen LogP contribution in [0.5, 0.6) is 0 Å². The molecule has 0 aromatic carbocycles. The smallest absolute Gasteiger partial charge is 0.150 e. The topological polar surface area (TPSA) is 42.1 Å². The molecule has 5 heteroatoms. The van der Waals surface area contributed by atoms with Gasteiger partial charge in [-0.15, -0.1) is 0 Å². The lowest BCUT2D eigenvalue weighted by molar-refractivity contribution is 0.429. The molecular formula is C14H19Cl2N3. The summed E-state index contributed by atoms with van der Waals surface area (Å²) in [4.78, 5) is 6.77. The summed E-state index contributed by atoms with van der Waals surface area (Å²) < 4.78 is 0. The van der Waals surface area contributed by atoms with Gasteiger partial charge >= 0.3 is 0 Å². The van der Waals surface area contributed by atoms with Gasteiger partial charge in [-0.1, -0.05) is 36.0 Å². The van der Waals surface area contributed by atoms with E-state index >= 15 is 0 Å². The summed E-state index contributed by atoms with van der Waals surface area (Å²) in [5.74, 6) is 1.98. The van der Waals surface area contributed by atoms with Gasteiger partial charge in [-0.2, -0.15) is 0 Å². The van der Waals surface area contributed by atoms with Gasteiger partial charge in [0.25, 0.3) is 0 Å². The van der Waals surface area contributed by atoms with E-state index in [0.29, 0.717) is 21.9 Å². The molecule has 1 atom stereocenters. The number of nitrogen functional groups attached to an aromatic ring is 1. The van der Waals surface area contributed by atoms with Crippen molar-refractivity contribution in [3.63, 3.8) is 0 Å². The second kappa shape index (κ2) is 5.37. The van der Waals surface area contributed by atoms with E-state index in [1.54, 1.807) is 6.07 Å². The molecule has 2 N–H and O–H groups in total. The van der Waals surface area contributed by atoms with Crippen molar-refractivity contribution in [2.45, 2.75) is 44.6 Å². The molecule has 104 valence electrons. The molecule has 0 amide bonds. The molecule has 3 nitrogen and oxygen atoms in total. The predicted molar refractivity (Wildman–Crippen MR) is 81.0 cm³/mol. The van der Waals surface area contributed by atoms with Crippen LogP contribution in [0, 0.1) is 5.92 Å². The first-order valence-electron chi connectivity index (χ1n) is 7.05. The van der Waals surface area contributed by atoms with Crippen LogP contribution in [0.1, 0.15) is 38.5 Å². The lowest BCUT2D eigenvalue weighted by Crippen LogP contribution is -2.35. The quantitative estimate of drug-likeness (QED) is 0.893. The molecule has 1 aliphatic heterocycles. The second-order valence-corrected chi connectivity index (χ2v) is 6.42. The van der Waals surface area contributed by atoms with Crippen LogP contribution in [-0.4, -0.2) is 17.6 Å². The minimum atomic E-state index is 0.373. The van der Waals surface area contributed by atoms with E-state index in [-0.39, 0.29) is 0 Å². The number of anilines is 2. The largest absolute Gasteiger partial charge is 0.382 e. The molecule has 1 unspecified atom stereocenters. The minimum Gasteiger partial charge on any atom is -0.382 e. The highest BCUT2D eigenvalue weighted by Crippen LogP contribution is 2.40. The number of hydrogen-bond donors (Lipinski definition) is 1. The highest BCUT2D eigenvalue weighted by molar-refractivity contribution is 6.37. The van der Waals surface area contributed by atoms with Gasteiger partial charge in [0.1, 0.15) is 11.6 Å². The van der Waals surface area contributed by atoms with E-state index in [2.05, 4.69) is 9.88 Å². The van der Waals surface area contributed by atoms with Crippen LogP contribution >= 0.6 is 23.2 Å². The monoisotopic (exact) mass is 299 g/mol. The zero-order valence-corrected chi connectivity index (χ0v) is 12.4. The number of halogens is 2. The lowest BCUT2D eigenvalue weighted by atomic mass is 9.96. The van der Waals surface area contributed by atoms with Crippen LogP contribution in [0.15, 0.2) is 6.07 Å². The number of nitrogens with two attached hydrogens (primary N) is 1. The molecule has 2 heterocycles. The number of rotatable bonds is 2. The first-order chi connectivity index (χ1) is 9.16. The number of hydrogen-bond acceptors (Lipinski definition) is 3. The Morgan fingerprint density at radius 1 is 1.11 bits per heavy atom. The zero-order valence-electron chi connectivity index (χ0n) is 10.9. The van der Waals surface area contributed by atoms with Crippen molar-refractivity contribution in [1.82, 2.24) is 4.98 Å². The summed E-state index contributed by atoms with van der Waals surface area (Å²) in [5, 5.41) is 1.05. The Morgan fingerprint density at radius 2 is 1.84 bits per heavy atom. The molecule has 1 saturated heterocycles. The van der Waals surface area contributed by atoms with Crippen molar-refractivity contribution >= 4 is 34.8 Å². The van der Waals surface area contributed by atoms with Crippen LogP contribution in [0.25, 0.3) is 0 Å². The SMILES string of the molecule is Nc1nc(N2CCCC2C2CCCC2)c(Cl)cc1Cl. The van der Waals surface area contributed by atoms with Crippen molar-refractivity contribution in [3.05, 3.63) is 16.1 Å². The fourth-order valence-corrected chi connectivity index (χ4v) is 4.03. The van der Waals surface area contributed by atoms with Crippen molar-refractivity contribution < 1.29 is 0 Å². The fourth-order valence-electron chi connectivity index (χ4n) is 3.56. The maximum atomic E-state index is 6.31. The van der Waals surface area contributed by atoms with Gasteiger partial charge in [0.05, 0.1) is 10.0 Å². The van der Waals surface area contributed by atoms with Gasteiger partial charge in [0.2, 0.25) is 0 Å². The molecule has 0 bridgehead atoms. The van der Waals surface area contributed by atoms with Gasteiger partial charge in [0, 0.05) is 12.6 Å². The Balaban J connectivity index is 1.89. The van der Waals surface area contributed by atoms with Gasteiger partial charge in [-0.05, 0) is 37.7 Å². The molecule has 0 radical (unpaired) electrons. The molecule has 1 aromatic heterocycles. The normalized spacial score (nSPS) is 24.3. The third-order valence-corrected chi connectivity index (χ3v) is 5.03. The van der Waals surface area contributed by atoms with Gasteiger partial charge < -0.3 is 10.6 Å². The molecule has 2 aliphatic rings. The van der Waals surface area contributed by atoms with Crippen LogP contribution in [-0.2, 0) is 0 Å². The third kappa shape index (κ3) is 2.50. The van der Waals surface area contributed by atoms with E-state index < -0.39 is 0 Å². The highest BCUT2D eigenvalue weighted by Gasteiger charge is 2.35. The minimum absolute atomic E-state index is 0.373. The standard InChI is InChI=1S/C14H19Cl2N3/c15-10-8-11(16)14(18-13(10)17)19-7-3-6-12(19)9-4-1-2-5-9/h8-9,12H,1-7H2,(H2,17,18). The summed E-state index contributed by atoms with van der Waals surface area (Å²) in [6.45, 7) is 1.02. The Hall–Kier alpha value is -0.670. The molecule has 1 aromatic rings. The summed E-state index contributed by atoms with van der Waals surface area (Å²) in [7, 11) is 0. The molecule has 1 aliphatic carbocycles. The van der Waals surface area contributed by atoms with Crippen LogP contribution in [0.4, 0.5) is 11.6 Å². The van der Waals surface area contributed by atoms with Gasteiger partial charge in [-0.25, -0.2) is 4.98 Å². The van der Waals surface area contributed by atoms with Crippen molar-refractivity contribution in [2.75, 3.05) is 17.2 Å². The number of nitrogens with zero attached hydrogens (tertiary/aromatic N) is 2. The Bertz CT molecular complexity index is 472. The number of pyridine rings is 1. The van der Waals surface area contributed by atoms with E-state index in [0.717, 1.165) is 18.3 Å². The summed E-state index contributed by atoms with van der Waals surface area (Å²) in [5.41, 5.74) is 5.83. The Labute approximate surface area is 124 Å². The highest BCUT2D eigenvalue weighted by atomic mass is 35.5. The van der Waals surface area contributed by atoms with E-state index in [4.69, 9.17) is 28.9 Å². The average Bonchev–Trinajstić information content (AvgIpc) is 3.03. The van der Waals surface area contributed by atoms with Crippen molar-refractivity contribution in [2.24, 2.45) is 5.92 Å². The summed E-state index contributed by atoms with van der Waals surface area (Å²) in [6.07, 6.45) is 7.84. The van der Waals surface area contributed by atoms with Crippen molar-refractivity contribution in [3.8, 4) is 0 Å². The average molecular weight is 300 g/mol. The lowest BCUT2D eigenvalue weighted by Gasteiger charge is -2.31. The van der Waals surface area contributed by atoms with Gasteiger partial charge in [0.15, 0.2) is 0 Å². The second-order valence-electron chi connectivity index (χ2n) is 5.61. The maximum Gasteiger partial charge on any atom is 0.150 e. The Morgan fingerprint density at radius 3 is 2.58 bits per heavy atom. The molecule has 19 heavy (non-hydrogen) atoms. The van der Waals surface area contributed by atoms with E-state index in [1.807, 2.05) is 0 Å². The molecule has 2 fully saturated rings. The molecule has 1 saturated carbocycles. The van der Waals surface area contributed by atoms with Crippen LogP contribution < -0.4 is 10.6 Å². The third-order valence-electron chi connectivity index (χ3n) is 4.45. The Kier molecular flexibility index (Phi) is 3.77. The first-order valence-corrected chi connectivity index (χ1v) is 7.80. The summed E-state index contributed by atoms with van der Waals surface area (Å²) >= 11 is 12.3. The van der Waals surface area contributed by atoms with Crippen LogP contribution in [0.2, 0.25) is 10.0 Å². The van der Waals surface area contributed by atoms with E-state index in [1.165, 1.54) is 38.5 Å². The molecular weight excluding hydrogens is 281 g/mol. The predicted octanol–water partition coefficient (Wildman–Crippen LogP) is 4.13.